The van der Waals surface area contributed by atoms with E-state index in [1.54, 1.807) is 18.2 Å². The van der Waals surface area contributed by atoms with Gasteiger partial charge in [0.1, 0.15) is 5.69 Å². The van der Waals surface area contributed by atoms with Gasteiger partial charge < -0.3 is 10.4 Å². The Morgan fingerprint density at radius 1 is 1.28 bits per heavy atom. The minimum atomic E-state index is -0.850. The molecule has 9 nitrogen and oxygen atoms in total. The minimum Gasteiger partial charge on any atom is -0.481 e. The molecule has 1 aromatic carbocycles. The highest BCUT2D eigenvalue weighted by Crippen LogP contribution is 2.26. The number of aliphatic carboxylic acids is 1. The number of para-hydroxylation sites is 2. The number of nitrogens with zero attached hydrogens (tertiary/aromatic N) is 3. The van der Waals surface area contributed by atoms with E-state index < -0.39 is 22.7 Å². The number of amides is 1. The van der Waals surface area contributed by atoms with E-state index in [0.29, 0.717) is 19.3 Å². The lowest BCUT2D eigenvalue weighted by Crippen LogP contribution is -2.33. The molecule has 1 amide bonds. The van der Waals surface area contributed by atoms with Crippen molar-refractivity contribution in [2.45, 2.75) is 25.3 Å². The van der Waals surface area contributed by atoms with Crippen molar-refractivity contribution in [1.82, 2.24) is 15.1 Å². The molecule has 1 aromatic heterocycles. The molecule has 3 rings (SSSR count). The first kappa shape index (κ1) is 16.6. The Labute approximate surface area is 142 Å². The van der Waals surface area contributed by atoms with Crippen LogP contribution < -0.4 is 5.32 Å². The fraction of sp³-hybridized carbons (Fsp3) is 0.312. The second-order valence-corrected chi connectivity index (χ2v) is 5.91. The molecule has 0 spiro atoms. The van der Waals surface area contributed by atoms with E-state index in [4.69, 9.17) is 5.11 Å². The van der Waals surface area contributed by atoms with Crippen molar-refractivity contribution in [2.75, 3.05) is 0 Å². The van der Waals surface area contributed by atoms with Crippen LogP contribution in [-0.4, -0.2) is 37.7 Å². The molecule has 1 aliphatic carbocycles. The number of carboxylic acids is 1. The Morgan fingerprint density at radius 2 is 2.04 bits per heavy atom. The number of carbonyl (C=O) groups is 2. The van der Waals surface area contributed by atoms with Crippen molar-refractivity contribution in [3.05, 3.63) is 52.3 Å². The lowest BCUT2D eigenvalue weighted by molar-refractivity contribution is -0.384. The van der Waals surface area contributed by atoms with E-state index >= 15 is 0 Å². The third kappa shape index (κ3) is 3.49. The second-order valence-electron chi connectivity index (χ2n) is 5.91. The summed E-state index contributed by atoms with van der Waals surface area (Å²) in [5.41, 5.74) is 0.271. The number of hydrogen-bond donors (Lipinski definition) is 2. The number of benzene rings is 1. The number of rotatable bonds is 5. The molecule has 25 heavy (non-hydrogen) atoms. The smallest absolute Gasteiger partial charge is 0.306 e. The number of nitro groups is 1. The van der Waals surface area contributed by atoms with Gasteiger partial charge in [-0.05, 0) is 31.4 Å². The van der Waals surface area contributed by atoms with Crippen molar-refractivity contribution < 1.29 is 19.6 Å². The fourth-order valence-electron chi connectivity index (χ4n) is 2.99. The molecule has 2 aromatic rings. The van der Waals surface area contributed by atoms with Gasteiger partial charge in [0.15, 0.2) is 5.69 Å². The molecular formula is C16H16N4O5. The average molecular weight is 344 g/mol. The molecule has 130 valence electrons. The van der Waals surface area contributed by atoms with Crippen LogP contribution in [0.3, 0.4) is 0 Å². The molecular weight excluding hydrogens is 328 g/mol. The molecule has 0 unspecified atom stereocenters. The van der Waals surface area contributed by atoms with Crippen molar-refractivity contribution in [1.29, 1.82) is 0 Å². The number of carboxylic acid groups (broad SMARTS) is 1. The summed E-state index contributed by atoms with van der Waals surface area (Å²) >= 11 is 0. The van der Waals surface area contributed by atoms with Crippen LogP contribution in [0.5, 0.6) is 0 Å². The highest BCUT2D eigenvalue weighted by atomic mass is 16.6. The Balaban J connectivity index is 1.73. The summed E-state index contributed by atoms with van der Waals surface area (Å²) in [4.78, 5) is 33.8. The first-order valence-electron chi connectivity index (χ1n) is 7.79. The van der Waals surface area contributed by atoms with Crippen LogP contribution in [0.15, 0.2) is 36.5 Å². The number of nitrogens with one attached hydrogen (secondary N) is 1. The maximum absolute atomic E-state index is 12.3. The standard InChI is InChI=1S/C16H16N4O5/c21-15(17-11-6-5-10(9-11)16(22)23)12-7-8-19(18-12)13-3-1-2-4-14(13)20(24)25/h1-4,7-8,10-11H,5-6,9H2,(H,17,21)(H,22,23)/t10-,11+/m0/s1. The van der Waals surface area contributed by atoms with Crippen LogP contribution in [0.4, 0.5) is 5.69 Å². The van der Waals surface area contributed by atoms with E-state index in [-0.39, 0.29) is 23.1 Å². The molecule has 2 N–H and O–H groups in total. The van der Waals surface area contributed by atoms with Gasteiger partial charge >= 0.3 is 5.97 Å². The third-order valence-electron chi connectivity index (χ3n) is 4.26. The van der Waals surface area contributed by atoms with E-state index in [0.717, 1.165) is 0 Å². The van der Waals surface area contributed by atoms with E-state index in [1.807, 2.05) is 0 Å². The van der Waals surface area contributed by atoms with Gasteiger partial charge in [-0.1, -0.05) is 12.1 Å². The van der Waals surface area contributed by atoms with Crippen LogP contribution in [0.2, 0.25) is 0 Å². The highest BCUT2D eigenvalue weighted by Gasteiger charge is 2.31. The quantitative estimate of drug-likeness (QED) is 0.628. The molecule has 2 atom stereocenters. The zero-order valence-corrected chi connectivity index (χ0v) is 13.2. The minimum absolute atomic E-state index is 0.113. The molecule has 1 saturated carbocycles. The molecule has 1 fully saturated rings. The lowest BCUT2D eigenvalue weighted by Gasteiger charge is -2.11. The maximum atomic E-state index is 12.3. The molecule has 1 heterocycles. The first-order valence-corrected chi connectivity index (χ1v) is 7.79. The SMILES string of the molecule is O=C(N[C@@H]1CC[C@H](C(=O)O)C1)c1ccn(-c2ccccc2[N+](=O)[O-])n1. The summed E-state index contributed by atoms with van der Waals surface area (Å²) in [6, 6.07) is 7.37. The molecule has 0 radical (unpaired) electrons. The highest BCUT2D eigenvalue weighted by molar-refractivity contribution is 5.92. The summed E-state index contributed by atoms with van der Waals surface area (Å²) in [7, 11) is 0. The normalized spacial score (nSPS) is 19.5. The number of aromatic nitrogens is 2. The lowest BCUT2D eigenvalue weighted by atomic mass is 10.1. The number of hydrogen-bond acceptors (Lipinski definition) is 5. The van der Waals surface area contributed by atoms with E-state index in [2.05, 4.69) is 10.4 Å². The Kier molecular flexibility index (Phi) is 4.46. The van der Waals surface area contributed by atoms with Crippen molar-refractivity contribution in [3.8, 4) is 5.69 Å². The summed E-state index contributed by atoms with van der Waals surface area (Å²) in [5.74, 6) is -1.71. The zero-order chi connectivity index (χ0) is 18.0. The van der Waals surface area contributed by atoms with E-state index in [1.165, 1.54) is 23.0 Å². The Bertz CT molecular complexity index is 831. The third-order valence-corrected chi connectivity index (χ3v) is 4.26. The van der Waals surface area contributed by atoms with Crippen LogP contribution in [-0.2, 0) is 4.79 Å². The summed E-state index contributed by atoms with van der Waals surface area (Å²) in [6.07, 6.45) is 3.01. The molecule has 0 saturated heterocycles. The van der Waals surface area contributed by atoms with Gasteiger partial charge in [-0.2, -0.15) is 5.10 Å². The summed E-state index contributed by atoms with van der Waals surface area (Å²) in [6.45, 7) is 0. The van der Waals surface area contributed by atoms with Gasteiger partial charge in [-0.3, -0.25) is 19.7 Å². The maximum Gasteiger partial charge on any atom is 0.306 e. The van der Waals surface area contributed by atoms with E-state index in [9.17, 15) is 19.7 Å². The van der Waals surface area contributed by atoms with Gasteiger partial charge in [-0.25, -0.2) is 4.68 Å². The van der Waals surface area contributed by atoms with Crippen molar-refractivity contribution in [3.63, 3.8) is 0 Å². The van der Waals surface area contributed by atoms with Crippen molar-refractivity contribution in [2.24, 2.45) is 5.92 Å². The number of nitro benzene ring substituents is 1. The van der Waals surface area contributed by atoms with Gasteiger partial charge in [-0.15, -0.1) is 0 Å². The largest absolute Gasteiger partial charge is 0.481 e. The molecule has 0 aliphatic heterocycles. The molecule has 0 bridgehead atoms. The van der Waals surface area contributed by atoms with Gasteiger partial charge in [0.25, 0.3) is 11.6 Å². The van der Waals surface area contributed by atoms with Crippen LogP contribution in [0.25, 0.3) is 5.69 Å². The van der Waals surface area contributed by atoms with Gasteiger partial charge in [0.05, 0.1) is 10.8 Å². The van der Waals surface area contributed by atoms with Gasteiger partial charge in [0, 0.05) is 18.3 Å². The topological polar surface area (TPSA) is 127 Å². The summed E-state index contributed by atoms with van der Waals surface area (Å²) < 4.78 is 1.28. The number of carbonyl (C=O) groups excluding carboxylic acids is 1. The summed E-state index contributed by atoms with van der Waals surface area (Å²) in [5, 5.41) is 27.0. The monoisotopic (exact) mass is 344 g/mol. The Hall–Kier alpha value is -3.23. The average Bonchev–Trinajstić information content (AvgIpc) is 3.24. The Morgan fingerprint density at radius 3 is 2.72 bits per heavy atom. The molecule has 1 aliphatic rings. The van der Waals surface area contributed by atoms with Crippen LogP contribution in [0, 0.1) is 16.0 Å². The first-order chi connectivity index (χ1) is 12.0. The zero-order valence-electron chi connectivity index (χ0n) is 13.2. The van der Waals surface area contributed by atoms with Crippen LogP contribution in [0.1, 0.15) is 29.8 Å². The second kappa shape index (κ2) is 6.71. The fourth-order valence-corrected chi connectivity index (χ4v) is 2.99. The van der Waals surface area contributed by atoms with Crippen LogP contribution >= 0.6 is 0 Å². The predicted molar refractivity (Wildman–Crippen MR) is 86.4 cm³/mol. The molecule has 9 heteroatoms. The predicted octanol–water partition coefficient (Wildman–Crippen LogP) is 1.76. The van der Waals surface area contributed by atoms with Crippen molar-refractivity contribution >= 4 is 17.6 Å². The van der Waals surface area contributed by atoms with Gasteiger partial charge in [0.2, 0.25) is 0 Å².